The zero-order valence-electron chi connectivity index (χ0n) is 16.7. The number of para-hydroxylation sites is 1. The van der Waals surface area contributed by atoms with E-state index in [9.17, 15) is 4.79 Å². The summed E-state index contributed by atoms with van der Waals surface area (Å²) in [7, 11) is 0. The summed E-state index contributed by atoms with van der Waals surface area (Å²) in [6, 6.07) is 7.76. The number of amides is 1. The third-order valence-electron chi connectivity index (χ3n) is 5.92. The molecule has 7 heteroatoms. The number of rotatable bonds is 5. The smallest absolute Gasteiger partial charge is 0.228 e. The molecule has 3 aliphatic heterocycles. The average molecular weight is 395 g/mol. The van der Waals surface area contributed by atoms with E-state index in [1.54, 1.807) is 12.4 Å². The van der Waals surface area contributed by atoms with E-state index in [1.807, 2.05) is 43.0 Å². The van der Waals surface area contributed by atoms with Gasteiger partial charge in [-0.2, -0.15) is 0 Å². The predicted molar refractivity (Wildman–Crippen MR) is 104 cm³/mol. The van der Waals surface area contributed by atoms with Crippen LogP contribution in [0.3, 0.4) is 0 Å². The van der Waals surface area contributed by atoms with Gasteiger partial charge in [0.15, 0.2) is 0 Å². The number of benzene rings is 1. The molecular weight excluding hydrogens is 370 g/mol. The third kappa shape index (κ3) is 3.49. The maximum Gasteiger partial charge on any atom is 0.228 e. The first-order chi connectivity index (χ1) is 14.0. The fourth-order valence-corrected chi connectivity index (χ4v) is 4.60. The Balaban J connectivity index is 1.48. The van der Waals surface area contributed by atoms with Crippen LogP contribution in [0.25, 0.3) is 0 Å². The standard InChI is InChI=1S/C22H25N3O4/c1-22(2)25(20-17-5-3-4-6-18(17)28-12-19(20)29-22)21(26)15(8-16-11-27-16)7-14-9-23-13-24-10-14/h3-6,9-10,13,15-16,19-20H,7-8,11-12H2,1-2H3/t15-,16+,19-,20+/m1/s1. The zero-order chi connectivity index (χ0) is 20.0. The second kappa shape index (κ2) is 7.07. The Kier molecular flexibility index (Phi) is 4.52. The van der Waals surface area contributed by atoms with Crippen molar-refractivity contribution in [2.45, 2.75) is 50.7 Å². The highest BCUT2D eigenvalue weighted by atomic mass is 16.6. The molecule has 4 atom stereocenters. The van der Waals surface area contributed by atoms with Crippen LogP contribution in [0.2, 0.25) is 0 Å². The van der Waals surface area contributed by atoms with E-state index in [-0.39, 0.29) is 30.1 Å². The first kappa shape index (κ1) is 18.5. The van der Waals surface area contributed by atoms with Crippen molar-refractivity contribution in [3.05, 3.63) is 54.1 Å². The quantitative estimate of drug-likeness (QED) is 0.724. The van der Waals surface area contributed by atoms with Gasteiger partial charge in [-0.25, -0.2) is 9.97 Å². The number of ether oxygens (including phenoxy) is 3. The van der Waals surface area contributed by atoms with Crippen molar-refractivity contribution in [1.29, 1.82) is 0 Å². The number of nitrogens with zero attached hydrogens (tertiary/aromatic N) is 3. The lowest BCUT2D eigenvalue weighted by Crippen LogP contribution is -2.48. The molecule has 2 aromatic rings. The number of carbonyl (C=O) groups is 1. The summed E-state index contributed by atoms with van der Waals surface area (Å²) >= 11 is 0. The van der Waals surface area contributed by atoms with Crippen LogP contribution >= 0.6 is 0 Å². The van der Waals surface area contributed by atoms with E-state index in [0.717, 1.165) is 23.5 Å². The molecule has 0 bridgehead atoms. The molecule has 1 amide bonds. The molecule has 3 aliphatic rings. The molecule has 2 saturated heterocycles. The molecule has 7 nitrogen and oxygen atoms in total. The number of aromatic nitrogens is 2. The van der Waals surface area contributed by atoms with Gasteiger partial charge in [-0.05, 0) is 38.3 Å². The van der Waals surface area contributed by atoms with Crippen LogP contribution in [0.1, 0.15) is 37.4 Å². The lowest BCUT2D eigenvalue weighted by Gasteiger charge is -2.37. The van der Waals surface area contributed by atoms with Crippen LogP contribution in [-0.4, -0.2) is 51.9 Å². The summed E-state index contributed by atoms with van der Waals surface area (Å²) in [6.45, 7) is 5.08. The Hall–Kier alpha value is -2.51. The van der Waals surface area contributed by atoms with E-state index in [2.05, 4.69) is 9.97 Å². The van der Waals surface area contributed by atoms with Gasteiger partial charge in [0.1, 0.15) is 30.5 Å². The van der Waals surface area contributed by atoms with E-state index < -0.39 is 5.72 Å². The lowest BCUT2D eigenvalue weighted by atomic mass is 9.91. The summed E-state index contributed by atoms with van der Waals surface area (Å²) in [5, 5.41) is 0. The monoisotopic (exact) mass is 395 g/mol. The van der Waals surface area contributed by atoms with Gasteiger partial charge in [-0.1, -0.05) is 18.2 Å². The van der Waals surface area contributed by atoms with Gasteiger partial charge in [0.25, 0.3) is 0 Å². The van der Waals surface area contributed by atoms with E-state index in [0.29, 0.717) is 19.4 Å². The van der Waals surface area contributed by atoms with Crippen LogP contribution in [0, 0.1) is 5.92 Å². The molecule has 1 aromatic heterocycles. The summed E-state index contributed by atoms with van der Waals surface area (Å²) in [4.78, 5) is 24.0. The van der Waals surface area contributed by atoms with Crippen LogP contribution < -0.4 is 4.74 Å². The Morgan fingerprint density at radius 3 is 2.76 bits per heavy atom. The molecular formula is C22H25N3O4. The highest BCUT2D eigenvalue weighted by Gasteiger charge is 2.54. The molecule has 0 unspecified atom stereocenters. The molecule has 152 valence electrons. The van der Waals surface area contributed by atoms with Crippen molar-refractivity contribution in [2.24, 2.45) is 5.92 Å². The maximum absolute atomic E-state index is 13.9. The van der Waals surface area contributed by atoms with Gasteiger partial charge in [0.05, 0.1) is 18.8 Å². The average Bonchev–Trinajstić information content (AvgIpc) is 3.48. The third-order valence-corrected chi connectivity index (χ3v) is 5.92. The van der Waals surface area contributed by atoms with Crippen molar-refractivity contribution in [3.63, 3.8) is 0 Å². The van der Waals surface area contributed by atoms with Crippen molar-refractivity contribution >= 4 is 5.91 Å². The number of epoxide rings is 1. The number of carbonyl (C=O) groups excluding carboxylic acids is 1. The Bertz CT molecular complexity index is 900. The van der Waals surface area contributed by atoms with E-state index in [1.165, 1.54) is 6.33 Å². The Morgan fingerprint density at radius 2 is 2.00 bits per heavy atom. The number of fused-ring (bicyclic) bond motifs is 3. The summed E-state index contributed by atoms with van der Waals surface area (Å²) < 4.78 is 17.6. The second-order valence-corrected chi connectivity index (χ2v) is 8.44. The van der Waals surface area contributed by atoms with Gasteiger partial charge >= 0.3 is 0 Å². The van der Waals surface area contributed by atoms with Crippen molar-refractivity contribution in [3.8, 4) is 5.75 Å². The molecule has 0 N–H and O–H groups in total. The first-order valence-corrected chi connectivity index (χ1v) is 10.1. The first-order valence-electron chi connectivity index (χ1n) is 10.1. The molecule has 2 fully saturated rings. The molecule has 0 spiro atoms. The Morgan fingerprint density at radius 1 is 1.24 bits per heavy atom. The van der Waals surface area contributed by atoms with Gasteiger partial charge in [0, 0.05) is 23.9 Å². The highest BCUT2D eigenvalue weighted by Crippen LogP contribution is 2.48. The molecule has 0 aliphatic carbocycles. The fraction of sp³-hybridized carbons (Fsp3) is 0.500. The molecule has 4 heterocycles. The van der Waals surface area contributed by atoms with Crippen molar-refractivity contribution in [2.75, 3.05) is 13.2 Å². The SMILES string of the molecule is CC1(C)O[C@@H]2COc3ccccc3[C@@H]2N1C(=O)[C@H](Cc1cncnc1)C[C@H]1CO1. The minimum Gasteiger partial charge on any atom is -0.490 e. The van der Waals surface area contributed by atoms with Gasteiger partial charge in [-0.15, -0.1) is 0 Å². The number of hydrogen-bond donors (Lipinski definition) is 0. The summed E-state index contributed by atoms with van der Waals surface area (Å²) in [6.07, 6.45) is 6.31. The normalized spacial score (nSPS) is 27.5. The van der Waals surface area contributed by atoms with E-state index in [4.69, 9.17) is 14.2 Å². The zero-order valence-corrected chi connectivity index (χ0v) is 16.7. The van der Waals surface area contributed by atoms with Gasteiger partial charge in [0.2, 0.25) is 5.91 Å². The largest absolute Gasteiger partial charge is 0.490 e. The van der Waals surface area contributed by atoms with Crippen LogP contribution in [-0.2, 0) is 20.7 Å². The highest BCUT2D eigenvalue weighted by molar-refractivity contribution is 5.81. The minimum absolute atomic E-state index is 0.0820. The molecule has 0 saturated carbocycles. The maximum atomic E-state index is 13.9. The lowest BCUT2D eigenvalue weighted by molar-refractivity contribution is -0.152. The van der Waals surface area contributed by atoms with E-state index >= 15 is 0 Å². The molecule has 5 rings (SSSR count). The predicted octanol–water partition coefficient (Wildman–Crippen LogP) is 2.52. The van der Waals surface area contributed by atoms with Crippen LogP contribution in [0.5, 0.6) is 5.75 Å². The van der Waals surface area contributed by atoms with Crippen LogP contribution in [0.4, 0.5) is 0 Å². The van der Waals surface area contributed by atoms with Gasteiger partial charge in [-0.3, -0.25) is 4.79 Å². The molecule has 1 aromatic carbocycles. The second-order valence-electron chi connectivity index (χ2n) is 8.44. The fourth-order valence-electron chi connectivity index (χ4n) is 4.60. The summed E-state index contributed by atoms with van der Waals surface area (Å²) in [5.74, 6) is 0.690. The Labute approximate surface area is 170 Å². The summed E-state index contributed by atoms with van der Waals surface area (Å²) in [5.41, 5.74) is 1.24. The molecule has 0 radical (unpaired) electrons. The minimum atomic E-state index is -0.719. The number of hydrogen-bond acceptors (Lipinski definition) is 6. The van der Waals surface area contributed by atoms with Crippen molar-refractivity contribution in [1.82, 2.24) is 14.9 Å². The van der Waals surface area contributed by atoms with Gasteiger partial charge < -0.3 is 19.1 Å². The molecule has 29 heavy (non-hydrogen) atoms. The van der Waals surface area contributed by atoms with Crippen molar-refractivity contribution < 1.29 is 19.0 Å². The van der Waals surface area contributed by atoms with Crippen LogP contribution in [0.15, 0.2) is 43.0 Å². The topological polar surface area (TPSA) is 77.1 Å².